The van der Waals surface area contributed by atoms with E-state index in [2.05, 4.69) is 5.32 Å². The molecule has 3 rings (SSSR count). The highest BCUT2D eigenvalue weighted by atomic mass is 32.2. The van der Waals surface area contributed by atoms with Gasteiger partial charge in [-0.05, 0) is 35.9 Å². The molecule has 0 bridgehead atoms. The summed E-state index contributed by atoms with van der Waals surface area (Å²) in [4.78, 5) is 12.2. The molecule has 0 unspecified atom stereocenters. The highest BCUT2D eigenvalue weighted by molar-refractivity contribution is 8.26. The Balaban J connectivity index is 1.33. The monoisotopic (exact) mass is 401 g/mol. The summed E-state index contributed by atoms with van der Waals surface area (Å²) in [5, 5.41) is 2.60. The van der Waals surface area contributed by atoms with Crippen LogP contribution in [0.1, 0.15) is 5.56 Å². The van der Waals surface area contributed by atoms with Gasteiger partial charge in [0.2, 0.25) is 0 Å². The number of carbonyl (C=O) groups is 1. The number of hydrogen-bond acceptors (Lipinski definition) is 6. The quantitative estimate of drug-likeness (QED) is 0.393. The van der Waals surface area contributed by atoms with Crippen molar-refractivity contribution in [1.29, 1.82) is 0 Å². The average Bonchev–Trinajstić information content (AvgIpc) is 3.00. The number of rotatable bonds is 9. The molecule has 0 aliphatic carbocycles. The number of benzene rings is 2. The summed E-state index contributed by atoms with van der Waals surface area (Å²) in [5.41, 5.74) is 0.916. The van der Waals surface area contributed by atoms with Crippen LogP contribution in [0.15, 0.2) is 59.5 Å². The molecule has 1 saturated heterocycles. The van der Waals surface area contributed by atoms with Gasteiger partial charge in [0, 0.05) is 0 Å². The summed E-state index contributed by atoms with van der Waals surface area (Å²) in [7, 11) is 0. The standard InChI is InChI=1S/C20H19NO4S2/c22-19-18(27-20(26)21-19)14-15-6-8-17(9-7-15)25-13-11-23-10-12-24-16-4-2-1-3-5-16/h1-9,14H,10-13H2,(H,21,22,26)/b18-14+. The zero-order valence-electron chi connectivity index (χ0n) is 14.6. The van der Waals surface area contributed by atoms with E-state index in [4.69, 9.17) is 26.4 Å². The van der Waals surface area contributed by atoms with Gasteiger partial charge in [-0.1, -0.05) is 54.3 Å². The second kappa shape index (κ2) is 10.1. The molecule has 0 radical (unpaired) electrons. The summed E-state index contributed by atoms with van der Waals surface area (Å²) in [6.07, 6.45) is 1.80. The molecule has 1 heterocycles. The zero-order chi connectivity index (χ0) is 18.9. The predicted octanol–water partition coefficient (Wildman–Crippen LogP) is 3.65. The Morgan fingerprint density at radius 2 is 1.52 bits per heavy atom. The molecule has 1 aliphatic heterocycles. The Hall–Kier alpha value is -2.35. The van der Waals surface area contributed by atoms with Crippen LogP contribution in [0, 0.1) is 0 Å². The number of nitrogens with one attached hydrogen (secondary N) is 1. The number of ether oxygens (including phenoxy) is 3. The van der Waals surface area contributed by atoms with Crippen LogP contribution in [-0.4, -0.2) is 36.7 Å². The first-order chi connectivity index (χ1) is 13.2. The third kappa shape index (κ3) is 6.39. The molecule has 0 spiro atoms. The number of thiocarbonyl (C=S) groups is 1. The minimum Gasteiger partial charge on any atom is -0.491 e. The van der Waals surface area contributed by atoms with Crippen molar-refractivity contribution >= 4 is 40.3 Å². The third-order valence-electron chi connectivity index (χ3n) is 3.56. The van der Waals surface area contributed by atoms with Crippen LogP contribution >= 0.6 is 24.0 Å². The first-order valence-corrected chi connectivity index (χ1v) is 9.66. The second-order valence-electron chi connectivity index (χ2n) is 5.54. The van der Waals surface area contributed by atoms with E-state index in [-0.39, 0.29) is 5.91 Å². The van der Waals surface area contributed by atoms with Gasteiger partial charge in [-0.3, -0.25) is 4.79 Å². The van der Waals surface area contributed by atoms with Crippen LogP contribution in [0.4, 0.5) is 0 Å². The Bertz CT molecular complexity index is 806. The van der Waals surface area contributed by atoms with Crippen molar-refractivity contribution in [3.8, 4) is 11.5 Å². The van der Waals surface area contributed by atoms with Gasteiger partial charge in [-0.15, -0.1) is 0 Å². The Morgan fingerprint density at radius 3 is 2.11 bits per heavy atom. The summed E-state index contributed by atoms with van der Waals surface area (Å²) in [6, 6.07) is 17.1. The van der Waals surface area contributed by atoms with Gasteiger partial charge in [-0.25, -0.2) is 0 Å². The lowest BCUT2D eigenvalue weighted by Crippen LogP contribution is -2.17. The fraction of sp³-hybridized carbons (Fsp3) is 0.200. The Kier molecular flexibility index (Phi) is 7.27. The molecule has 2 aromatic rings. The topological polar surface area (TPSA) is 56.8 Å². The lowest BCUT2D eigenvalue weighted by atomic mass is 10.2. The number of thioether (sulfide) groups is 1. The molecule has 27 heavy (non-hydrogen) atoms. The molecule has 1 amide bonds. The smallest absolute Gasteiger partial charge is 0.263 e. The summed E-state index contributed by atoms with van der Waals surface area (Å²) < 4.78 is 17.2. The number of hydrogen-bond donors (Lipinski definition) is 1. The van der Waals surface area contributed by atoms with Crippen molar-refractivity contribution in [3.63, 3.8) is 0 Å². The van der Waals surface area contributed by atoms with Gasteiger partial charge in [0.1, 0.15) is 29.0 Å². The van der Waals surface area contributed by atoms with E-state index in [1.165, 1.54) is 11.8 Å². The van der Waals surface area contributed by atoms with Gasteiger partial charge >= 0.3 is 0 Å². The van der Waals surface area contributed by atoms with E-state index < -0.39 is 0 Å². The lowest BCUT2D eigenvalue weighted by Gasteiger charge is -2.08. The minimum atomic E-state index is -0.154. The Labute approximate surface area is 167 Å². The van der Waals surface area contributed by atoms with Gasteiger partial charge in [0.25, 0.3) is 5.91 Å². The van der Waals surface area contributed by atoms with E-state index in [0.29, 0.717) is 35.7 Å². The highest BCUT2D eigenvalue weighted by Gasteiger charge is 2.21. The second-order valence-corrected chi connectivity index (χ2v) is 7.26. The maximum absolute atomic E-state index is 11.7. The van der Waals surface area contributed by atoms with E-state index >= 15 is 0 Å². The highest BCUT2D eigenvalue weighted by Crippen LogP contribution is 2.26. The van der Waals surface area contributed by atoms with E-state index in [0.717, 1.165) is 17.1 Å². The van der Waals surface area contributed by atoms with Crippen LogP contribution in [0.25, 0.3) is 6.08 Å². The molecule has 1 aliphatic rings. The average molecular weight is 402 g/mol. The van der Waals surface area contributed by atoms with Crippen LogP contribution in [0.2, 0.25) is 0 Å². The van der Waals surface area contributed by atoms with Gasteiger partial charge < -0.3 is 19.5 Å². The fourth-order valence-electron chi connectivity index (χ4n) is 2.29. The number of amides is 1. The van der Waals surface area contributed by atoms with E-state index in [1.807, 2.05) is 54.6 Å². The molecule has 1 fully saturated rings. The lowest BCUT2D eigenvalue weighted by molar-refractivity contribution is -0.115. The molecule has 0 aromatic heterocycles. The first kappa shape index (κ1) is 19.4. The van der Waals surface area contributed by atoms with E-state index in [1.54, 1.807) is 6.08 Å². The van der Waals surface area contributed by atoms with Crippen LogP contribution < -0.4 is 14.8 Å². The number of carbonyl (C=O) groups excluding carboxylic acids is 1. The van der Waals surface area contributed by atoms with Crippen molar-refractivity contribution < 1.29 is 19.0 Å². The Morgan fingerprint density at radius 1 is 0.889 bits per heavy atom. The molecular weight excluding hydrogens is 382 g/mol. The van der Waals surface area contributed by atoms with Crippen LogP contribution in [0.5, 0.6) is 11.5 Å². The molecule has 7 heteroatoms. The normalized spacial score (nSPS) is 15.0. The van der Waals surface area contributed by atoms with Gasteiger partial charge in [0.05, 0.1) is 18.1 Å². The summed E-state index contributed by atoms with van der Waals surface area (Å²) in [6.45, 7) is 1.95. The first-order valence-electron chi connectivity index (χ1n) is 8.44. The molecular formula is C20H19NO4S2. The largest absolute Gasteiger partial charge is 0.491 e. The van der Waals surface area contributed by atoms with Crippen molar-refractivity contribution in [2.75, 3.05) is 26.4 Å². The minimum absolute atomic E-state index is 0.154. The summed E-state index contributed by atoms with van der Waals surface area (Å²) in [5.74, 6) is 1.43. The van der Waals surface area contributed by atoms with Crippen molar-refractivity contribution in [2.45, 2.75) is 0 Å². The molecule has 0 atom stereocenters. The van der Waals surface area contributed by atoms with Crippen LogP contribution in [0.3, 0.4) is 0 Å². The molecule has 0 saturated carbocycles. The molecule has 140 valence electrons. The predicted molar refractivity (Wildman–Crippen MR) is 111 cm³/mol. The fourth-order valence-corrected chi connectivity index (χ4v) is 3.33. The van der Waals surface area contributed by atoms with Crippen molar-refractivity contribution in [3.05, 3.63) is 65.1 Å². The number of para-hydroxylation sites is 1. The molecule has 2 aromatic carbocycles. The summed E-state index contributed by atoms with van der Waals surface area (Å²) >= 11 is 6.24. The zero-order valence-corrected chi connectivity index (χ0v) is 16.2. The van der Waals surface area contributed by atoms with Gasteiger partial charge in [0.15, 0.2) is 0 Å². The van der Waals surface area contributed by atoms with Gasteiger partial charge in [-0.2, -0.15) is 0 Å². The van der Waals surface area contributed by atoms with Crippen molar-refractivity contribution in [2.24, 2.45) is 0 Å². The third-order valence-corrected chi connectivity index (χ3v) is 4.72. The van der Waals surface area contributed by atoms with Crippen molar-refractivity contribution in [1.82, 2.24) is 5.32 Å². The SMILES string of the molecule is O=C1NC(=S)S/C1=C/c1ccc(OCCOCCOc2ccccc2)cc1. The maximum atomic E-state index is 11.7. The van der Waals surface area contributed by atoms with Crippen LogP contribution in [-0.2, 0) is 9.53 Å². The maximum Gasteiger partial charge on any atom is 0.263 e. The molecule has 1 N–H and O–H groups in total. The van der Waals surface area contributed by atoms with E-state index in [9.17, 15) is 4.79 Å². The molecule has 5 nitrogen and oxygen atoms in total.